The van der Waals surface area contributed by atoms with E-state index in [0.29, 0.717) is 18.8 Å². The fraction of sp³-hybridized carbons (Fsp3) is 0.957. The van der Waals surface area contributed by atoms with Gasteiger partial charge in [-0.05, 0) is 117 Å². The van der Waals surface area contributed by atoms with E-state index in [1.165, 1.54) is 6.92 Å². The Morgan fingerprint density at radius 2 is 1.28 bits per heavy atom. The van der Waals surface area contributed by atoms with Crippen LogP contribution in [0, 0.1) is 45.3 Å². The van der Waals surface area contributed by atoms with Gasteiger partial charge in [-0.15, -0.1) is 0 Å². The van der Waals surface area contributed by atoms with E-state index in [1.807, 2.05) is 19.9 Å². The van der Waals surface area contributed by atoms with Crippen LogP contribution in [0.3, 0.4) is 0 Å². The highest BCUT2D eigenvalue weighted by Gasteiger charge is 2.71. The van der Waals surface area contributed by atoms with Gasteiger partial charge in [0.25, 0.3) is 0 Å². The highest BCUT2D eigenvalue weighted by atomic mass is 16.8. The van der Waals surface area contributed by atoms with Gasteiger partial charge in [0.15, 0.2) is 25.2 Å². The van der Waals surface area contributed by atoms with Crippen molar-refractivity contribution in [3.63, 3.8) is 0 Å². The number of allylic oxidation sites excluding steroid dienone is 1. The molecule has 8 aliphatic rings. The predicted octanol–water partition coefficient (Wildman–Crippen LogP) is 0.976. The number of hydrogen-bond donors (Lipinski definition) is 10. The van der Waals surface area contributed by atoms with Crippen molar-refractivity contribution in [2.75, 3.05) is 13.2 Å². The van der Waals surface area contributed by atoms with Crippen molar-refractivity contribution >= 4 is 0 Å². The molecule has 8 rings (SSSR count). The summed E-state index contributed by atoms with van der Waals surface area (Å²) in [5.74, 6) is 0.785. The van der Waals surface area contributed by atoms with E-state index in [-0.39, 0.29) is 46.7 Å². The van der Waals surface area contributed by atoms with Crippen molar-refractivity contribution in [3.05, 3.63) is 11.6 Å². The van der Waals surface area contributed by atoms with E-state index in [0.717, 1.165) is 50.5 Å². The first-order chi connectivity index (χ1) is 29.9. The zero-order valence-corrected chi connectivity index (χ0v) is 38.8. The summed E-state index contributed by atoms with van der Waals surface area (Å²) in [5, 5.41) is 109. The summed E-state index contributed by atoms with van der Waals surface area (Å²) in [7, 11) is 0. The summed E-state index contributed by atoms with van der Waals surface area (Å²) in [5.41, 5.74) is -0.776. The lowest BCUT2D eigenvalue weighted by Crippen LogP contribution is -2.66. The summed E-state index contributed by atoms with van der Waals surface area (Å²) in [6, 6.07) is 0. The number of ether oxygens (including phenoxy) is 7. The topological polar surface area (TPSA) is 267 Å². The minimum absolute atomic E-state index is 0.0214. The highest BCUT2D eigenvalue weighted by molar-refractivity contribution is 5.20. The third-order valence-electron chi connectivity index (χ3n) is 18.7. The molecule has 0 radical (unpaired) electrons. The van der Waals surface area contributed by atoms with Gasteiger partial charge in [-0.3, -0.25) is 0 Å². The number of aliphatic hydroxyl groups is 10. The summed E-state index contributed by atoms with van der Waals surface area (Å²) in [6.07, 6.45) is -13.3. The largest absolute Gasteiger partial charge is 0.394 e. The molecule has 4 aliphatic heterocycles. The Morgan fingerprint density at radius 1 is 0.641 bits per heavy atom. The van der Waals surface area contributed by atoms with Crippen molar-refractivity contribution in [1.82, 2.24) is 0 Å². The Labute approximate surface area is 377 Å². The standard InChI is InChI=1S/C47H78O17/c1-21(2)17-23-18-47(57,42(56)60-23)25-11-15-45(7)24(25)9-10-29-44(6)14-13-30(43(4,5)28(44)12-16-46(29,45)8)62-41-38(64-39-35(54)33(52)31(50)22(3)59-39)37(26(49)20-58-41)63-40-36(55)34(53)32(51)27(19-48)61-40/h17,22-42,48-57H,9-16,18-20H2,1-8H3/t22-,23+,24+,25+,26-,27-,28?,29?,30+,31-,32-,33+,34+,35+,36-,37+,38+,39-,40+,41+,42-,44+,45-,46-,47+/m1/s1. The van der Waals surface area contributed by atoms with Gasteiger partial charge in [0.1, 0.15) is 66.6 Å². The SMILES string of the molecule is CC(C)=C[C@H]1C[C@](O)([C@H]2CC[C@]3(C)[C@H]2CCC2[C@@]4(C)CC[C@H](O[C@@H]5OC[C@@H](O)[C@H](O[C@@H]6O[C@H](CO)[C@@H](O)[C@H](O)[C@H]6O)[C@@H]5O[C@H]5O[C@H](C)[C@@H](O)[C@H](O)[C@@H]5O)C(C)(C)C4CC[C@]23C)[C@H](O)O1. The second kappa shape index (κ2) is 17.8. The Hall–Kier alpha value is -0.940. The van der Waals surface area contributed by atoms with Gasteiger partial charge in [-0.1, -0.05) is 46.3 Å². The Morgan fingerprint density at radius 3 is 1.95 bits per heavy atom. The van der Waals surface area contributed by atoms with Gasteiger partial charge in [0.05, 0.1) is 31.5 Å². The Kier molecular flexibility index (Phi) is 13.8. The summed E-state index contributed by atoms with van der Waals surface area (Å²) >= 11 is 0. The van der Waals surface area contributed by atoms with Crippen LogP contribution in [-0.2, 0) is 33.2 Å². The first kappa shape index (κ1) is 49.5. The second-order valence-corrected chi connectivity index (χ2v) is 22.6. The molecule has 0 spiro atoms. The van der Waals surface area contributed by atoms with Crippen LogP contribution in [0.15, 0.2) is 11.6 Å². The van der Waals surface area contributed by atoms with Crippen molar-refractivity contribution < 1.29 is 84.2 Å². The molecule has 4 saturated carbocycles. The number of hydrogen-bond acceptors (Lipinski definition) is 17. The fourth-order valence-corrected chi connectivity index (χ4v) is 15.1. The normalized spacial score (nSPS) is 56.2. The molecule has 4 saturated heterocycles. The summed E-state index contributed by atoms with van der Waals surface area (Å²) in [6.45, 7) is 16.3. The van der Waals surface area contributed by atoms with Crippen LogP contribution < -0.4 is 0 Å². The summed E-state index contributed by atoms with van der Waals surface area (Å²) in [4.78, 5) is 0. The molecule has 4 heterocycles. The van der Waals surface area contributed by atoms with Crippen molar-refractivity contribution in [1.29, 1.82) is 0 Å². The van der Waals surface area contributed by atoms with Crippen molar-refractivity contribution in [3.8, 4) is 0 Å². The molecular weight excluding hydrogens is 836 g/mol. The van der Waals surface area contributed by atoms with Gasteiger partial charge in [0.2, 0.25) is 0 Å². The molecule has 0 aromatic heterocycles. The van der Waals surface area contributed by atoms with Gasteiger partial charge in [-0.25, -0.2) is 0 Å². The quantitative estimate of drug-likeness (QED) is 0.114. The maximum Gasteiger partial charge on any atom is 0.187 e. The summed E-state index contributed by atoms with van der Waals surface area (Å²) < 4.78 is 43.1. The lowest BCUT2D eigenvalue weighted by atomic mass is 9.35. The average molecular weight is 915 g/mol. The predicted molar refractivity (Wildman–Crippen MR) is 225 cm³/mol. The fourth-order valence-electron chi connectivity index (χ4n) is 15.1. The van der Waals surface area contributed by atoms with Crippen LogP contribution in [0.25, 0.3) is 0 Å². The molecule has 2 unspecified atom stereocenters. The van der Waals surface area contributed by atoms with E-state index in [4.69, 9.17) is 33.2 Å². The maximum atomic E-state index is 12.2. The zero-order chi connectivity index (χ0) is 46.6. The third kappa shape index (κ3) is 7.89. The lowest BCUT2D eigenvalue weighted by Gasteiger charge is -2.70. The molecule has 25 atom stereocenters. The molecule has 8 fully saturated rings. The Balaban J connectivity index is 1.03. The maximum absolute atomic E-state index is 12.2. The molecule has 64 heavy (non-hydrogen) atoms. The van der Waals surface area contributed by atoms with E-state index >= 15 is 0 Å². The Bertz CT molecular complexity index is 1680. The van der Waals surface area contributed by atoms with E-state index in [9.17, 15) is 51.1 Å². The highest BCUT2D eigenvalue weighted by Crippen LogP contribution is 2.76. The molecular formula is C47H78O17. The number of rotatable bonds is 9. The molecule has 10 N–H and O–H groups in total. The second-order valence-electron chi connectivity index (χ2n) is 22.6. The van der Waals surface area contributed by atoms with Crippen LogP contribution >= 0.6 is 0 Å². The molecule has 0 aromatic rings. The minimum Gasteiger partial charge on any atom is -0.394 e. The minimum atomic E-state index is -1.80. The lowest BCUT2D eigenvalue weighted by molar-refractivity contribution is -0.388. The molecule has 0 amide bonds. The van der Waals surface area contributed by atoms with Gasteiger partial charge >= 0.3 is 0 Å². The molecule has 368 valence electrons. The monoisotopic (exact) mass is 915 g/mol. The zero-order valence-electron chi connectivity index (χ0n) is 38.8. The average Bonchev–Trinajstić information content (AvgIpc) is 3.74. The van der Waals surface area contributed by atoms with E-state index in [2.05, 4.69) is 34.6 Å². The number of fused-ring (bicyclic) bond motifs is 5. The van der Waals surface area contributed by atoms with Crippen LogP contribution in [-0.4, -0.2) is 174 Å². The molecule has 17 nitrogen and oxygen atoms in total. The van der Waals surface area contributed by atoms with Gasteiger partial charge in [0, 0.05) is 6.42 Å². The van der Waals surface area contributed by atoms with Crippen molar-refractivity contribution in [2.45, 2.75) is 223 Å². The van der Waals surface area contributed by atoms with E-state index in [1.54, 1.807) is 0 Å². The van der Waals surface area contributed by atoms with Gasteiger partial charge in [-0.2, -0.15) is 0 Å². The van der Waals surface area contributed by atoms with E-state index < -0.39 is 116 Å². The third-order valence-corrected chi connectivity index (χ3v) is 18.7. The van der Waals surface area contributed by atoms with Crippen LogP contribution in [0.2, 0.25) is 0 Å². The van der Waals surface area contributed by atoms with Crippen LogP contribution in [0.4, 0.5) is 0 Å². The van der Waals surface area contributed by atoms with Crippen LogP contribution in [0.1, 0.15) is 113 Å². The molecule has 0 bridgehead atoms. The van der Waals surface area contributed by atoms with Gasteiger partial charge < -0.3 is 84.2 Å². The smallest absolute Gasteiger partial charge is 0.187 e. The first-order valence-corrected chi connectivity index (χ1v) is 23.9. The number of aliphatic hydroxyl groups excluding tert-OH is 9. The molecule has 0 aromatic carbocycles. The van der Waals surface area contributed by atoms with Crippen molar-refractivity contribution in [2.24, 2.45) is 45.3 Å². The molecule has 4 aliphatic carbocycles. The first-order valence-electron chi connectivity index (χ1n) is 23.9. The van der Waals surface area contributed by atoms with Crippen LogP contribution in [0.5, 0.6) is 0 Å². The molecule has 17 heteroatoms.